The molecule has 0 spiro atoms. The summed E-state index contributed by atoms with van der Waals surface area (Å²) < 4.78 is 16.8. The molecule has 1 aliphatic heterocycles. The highest BCUT2D eigenvalue weighted by Gasteiger charge is 2.42. The molecule has 0 fully saturated rings. The summed E-state index contributed by atoms with van der Waals surface area (Å²) in [4.78, 5) is 10.4. The van der Waals surface area contributed by atoms with E-state index in [0.29, 0.717) is 36.6 Å². The summed E-state index contributed by atoms with van der Waals surface area (Å²) in [5.41, 5.74) is 0.418. The first-order valence-electron chi connectivity index (χ1n) is 8.94. The quantitative estimate of drug-likeness (QED) is 0.388. The van der Waals surface area contributed by atoms with E-state index >= 15 is 0 Å². The smallest absolute Gasteiger partial charge is 0.144 e. The first-order chi connectivity index (χ1) is 12.9. The first-order valence-corrected chi connectivity index (χ1v) is 8.94. The first kappa shape index (κ1) is 20.7. The molecule has 0 saturated heterocycles. The highest BCUT2D eigenvalue weighted by atomic mass is 16.5. The Morgan fingerprint density at radius 2 is 2.26 bits per heavy atom. The summed E-state index contributed by atoms with van der Waals surface area (Å²) in [6.45, 7) is 6.54. The zero-order valence-corrected chi connectivity index (χ0v) is 15.9. The van der Waals surface area contributed by atoms with Crippen molar-refractivity contribution in [1.82, 2.24) is 5.32 Å². The van der Waals surface area contributed by atoms with Crippen LogP contribution in [0.15, 0.2) is 30.2 Å². The second kappa shape index (κ2) is 9.40. The number of carbonyl (C=O) groups excluding carboxylic acids is 1. The fourth-order valence-electron chi connectivity index (χ4n) is 2.88. The van der Waals surface area contributed by atoms with Crippen LogP contribution < -0.4 is 10.1 Å². The van der Waals surface area contributed by atoms with E-state index in [1.165, 1.54) is 6.26 Å². The molecule has 2 unspecified atom stereocenters. The molecule has 0 aliphatic carbocycles. The van der Waals surface area contributed by atoms with E-state index in [-0.39, 0.29) is 6.61 Å². The Balaban J connectivity index is 2.20. The highest BCUT2D eigenvalue weighted by molar-refractivity contribution is 5.49. The van der Waals surface area contributed by atoms with Gasteiger partial charge in [-0.3, -0.25) is 0 Å². The number of aliphatic hydroxyl groups excluding tert-OH is 1. The van der Waals surface area contributed by atoms with Crippen molar-refractivity contribution in [3.63, 3.8) is 0 Å². The molecule has 0 aromatic heterocycles. The fraction of sp³-hybridized carbons (Fsp3) is 0.500. The van der Waals surface area contributed by atoms with Gasteiger partial charge >= 0.3 is 0 Å². The Morgan fingerprint density at radius 1 is 1.48 bits per heavy atom. The Hall–Kier alpha value is -2.56. The van der Waals surface area contributed by atoms with Gasteiger partial charge in [-0.25, -0.2) is 0 Å². The third-order valence-corrected chi connectivity index (χ3v) is 4.27. The summed E-state index contributed by atoms with van der Waals surface area (Å²) >= 11 is 0. The number of aldehydes is 1. The number of nitriles is 1. The predicted octanol–water partition coefficient (Wildman–Crippen LogP) is 2.20. The standard InChI is InChI=1S/C20H26N2O5/c1-4-26-15(13-25-9-5-8-23)12-22-18-16-10-14(11-21)6-7-17(16)27-20(2,3)19(18)24/h6-8,10,13,18-19,22,24H,4-5,9,12H2,1-3H3/b15-13-. The summed E-state index contributed by atoms with van der Waals surface area (Å²) in [5, 5.41) is 23.3. The van der Waals surface area contributed by atoms with Crippen LogP contribution in [0.3, 0.4) is 0 Å². The maximum absolute atomic E-state index is 10.8. The maximum Gasteiger partial charge on any atom is 0.144 e. The minimum atomic E-state index is -0.835. The van der Waals surface area contributed by atoms with Crippen LogP contribution in [0.4, 0.5) is 0 Å². The molecule has 7 heteroatoms. The molecule has 2 N–H and O–H groups in total. The van der Waals surface area contributed by atoms with Gasteiger partial charge in [0.2, 0.25) is 0 Å². The molecule has 0 amide bonds. The van der Waals surface area contributed by atoms with E-state index in [4.69, 9.17) is 14.2 Å². The van der Waals surface area contributed by atoms with E-state index in [1.807, 2.05) is 20.8 Å². The van der Waals surface area contributed by atoms with Crippen LogP contribution in [-0.2, 0) is 14.3 Å². The summed E-state index contributed by atoms with van der Waals surface area (Å²) in [5.74, 6) is 1.18. The number of ether oxygens (including phenoxy) is 3. The van der Waals surface area contributed by atoms with Gasteiger partial charge in [0.05, 0.1) is 37.4 Å². The van der Waals surface area contributed by atoms with Gasteiger partial charge in [-0.05, 0) is 39.0 Å². The van der Waals surface area contributed by atoms with Gasteiger partial charge in [-0.15, -0.1) is 0 Å². The van der Waals surface area contributed by atoms with Gasteiger partial charge in [0.25, 0.3) is 0 Å². The Morgan fingerprint density at radius 3 is 2.93 bits per heavy atom. The van der Waals surface area contributed by atoms with E-state index in [2.05, 4.69) is 11.4 Å². The van der Waals surface area contributed by atoms with Crippen molar-refractivity contribution in [2.24, 2.45) is 0 Å². The highest BCUT2D eigenvalue weighted by Crippen LogP contribution is 2.40. The molecule has 0 saturated carbocycles. The van der Waals surface area contributed by atoms with Gasteiger partial charge in [0, 0.05) is 12.0 Å². The summed E-state index contributed by atoms with van der Waals surface area (Å²) in [6, 6.07) is 6.82. The lowest BCUT2D eigenvalue weighted by Gasteiger charge is -2.42. The number of carbonyl (C=O) groups is 1. The van der Waals surface area contributed by atoms with Crippen molar-refractivity contribution in [3.8, 4) is 11.8 Å². The van der Waals surface area contributed by atoms with Gasteiger partial charge in [-0.1, -0.05) is 0 Å². The van der Waals surface area contributed by atoms with Crippen molar-refractivity contribution >= 4 is 6.29 Å². The Bertz CT molecular complexity index is 724. The molecule has 146 valence electrons. The largest absolute Gasteiger partial charge is 0.497 e. The van der Waals surface area contributed by atoms with Gasteiger partial charge in [0.1, 0.15) is 35.8 Å². The Labute approximate surface area is 159 Å². The third-order valence-electron chi connectivity index (χ3n) is 4.27. The lowest BCUT2D eigenvalue weighted by molar-refractivity contribution is -0.108. The number of nitrogens with one attached hydrogen (secondary N) is 1. The fourth-order valence-corrected chi connectivity index (χ4v) is 2.88. The van der Waals surface area contributed by atoms with Crippen molar-refractivity contribution < 1.29 is 24.1 Å². The number of fused-ring (bicyclic) bond motifs is 1. The van der Waals surface area contributed by atoms with Crippen molar-refractivity contribution in [2.45, 2.75) is 44.9 Å². The predicted molar refractivity (Wildman–Crippen MR) is 99.0 cm³/mol. The molecule has 0 bridgehead atoms. The molecule has 1 aromatic rings. The molecule has 2 rings (SSSR count). The summed E-state index contributed by atoms with van der Waals surface area (Å²) in [6.07, 6.45) is 1.73. The lowest BCUT2D eigenvalue weighted by atomic mass is 9.86. The van der Waals surface area contributed by atoms with Crippen molar-refractivity contribution in [3.05, 3.63) is 41.3 Å². The Kier molecular flexibility index (Phi) is 7.22. The van der Waals surface area contributed by atoms with Crippen LogP contribution >= 0.6 is 0 Å². The lowest BCUT2D eigenvalue weighted by Crippen LogP contribution is -2.52. The normalized spacial score (nSPS) is 20.8. The zero-order valence-electron chi connectivity index (χ0n) is 15.9. The van der Waals surface area contributed by atoms with Gasteiger partial charge in [0.15, 0.2) is 0 Å². The number of hydrogen-bond donors (Lipinski definition) is 2. The van der Waals surface area contributed by atoms with E-state index in [1.54, 1.807) is 18.2 Å². The zero-order chi connectivity index (χ0) is 19.9. The number of benzene rings is 1. The number of nitrogens with zero attached hydrogens (tertiary/aromatic N) is 1. The van der Waals surface area contributed by atoms with E-state index in [9.17, 15) is 15.2 Å². The van der Waals surface area contributed by atoms with E-state index < -0.39 is 17.7 Å². The van der Waals surface area contributed by atoms with Crippen LogP contribution in [-0.4, -0.2) is 42.9 Å². The molecule has 1 aliphatic rings. The van der Waals surface area contributed by atoms with Crippen LogP contribution in [0.5, 0.6) is 5.75 Å². The second-order valence-corrected chi connectivity index (χ2v) is 6.72. The SMILES string of the molecule is CCO/C(=C\OCCC=O)CNC1c2cc(C#N)ccc2OC(C)(C)C1O. The minimum Gasteiger partial charge on any atom is -0.497 e. The molecule has 1 heterocycles. The molecule has 7 nitrogen and oxygen atoms in total. The average molecular weight is 374 g/mol. The molecular weight excluding hydrogens is 348 g/mol. The van der Waals surface area contributed by atoms with E-state index in [0.717, 1.165) is 11.8 Å². The number of rotatable bonds is 9. The van der Waals surface area contributed by atoms with Gasteiger partial charge in [-0.2, -0.15) is 5.26 Å². The molecule has 1 aromatic carbocycles. The average Bonchev–Trinajstić information content (AvgIpc) is 2.65. The molecule has 2 atom stereocenters. The monoisotopic (exact) mass is 374 g/mol. The van der Waals surface area contributed by atoms with Crippen LogP contribution in [0, 0.1) is 11.3 Å². The maximum atomic E-state index is 10.8. The van der Waals surface area contributed by atoms with Crippen LogP contribution in [0.2, 0.25) is 0 Å². The topological polar surface area (TPSA) is 101 Å². The van der Waals surface area contributed by atoms with Crippen LogP contribution in [0.1, 0.15) is 44.4 Å². The van der Waals surface area contributed by atoms with Crippen molar-refractivity contribution in [2.75, 3.05) is 19.8 Å². The third kappa shape index (κ3) is 5.22. The van der Waals surface area contributed by atoms with Crippen LogP contribution in [0.25, 0.3) is 0 Å². The second-order valence-electron chi connectivity index (χ2n) is 6.72. The van der Waals surface area contributed by atoms with Crippen molar-refractivity contribution in [1.29, 1.82) is 5.26 Å². The number of aliphatic hydroxyl groups is 1. The summed E-state index contributed by atoms with van der Waals surface area (Å²) in [7, 11) is 0. The number of hydrogen-bond acceptors (Lipinski definition) is 7. The van der Waals surface area contributed by atoms with Gasteiger partial charge < -0.3 is 29.4 Å². The molecule has 27 heavy (non-hydrogen) atoms. The molecule has 0 radical (unpaired) electrons. The molecular formula is C20H26N2O5. The minimum absolute atomic E-state index is 0.279.